The maximum absolute atomic E-state index is 12.1. The third-order valence-electron chi connectivity index (χ3n) is 4.05. The lowest BCUT2D eigenvalue weighted by Gasteiger charge is -2.16. The minimum absolute atomic E-state index is 0.00731. The topological polar surface area (TPSA) is 42.0 Å². The van der Waals surface area contributed by atoms with Gasteiger partial charge in [-0.25, -0.2) is 4.98 Å². The molecule has 0 bridgehead atoms. The van der Waals surface area contributed by atoms with Crippen molar-refractivity contribution in [2.75, 3.05) is 6.54 Å². The number of halogens is 1. The number of aromatic nitrogens is 1. The van der Waals surface area contributed by atoms with Crippen molar-refractivity contribution in [3.63, 3.8) is 0 Å². The summed E-state index contributed by atoms with van der Waals surface area (Å²) in [6.45, 7) is 0.688. The molecule has 1 saturated carbocycles. The number of rotatable bonds is 5. The zero-order valence-corrected chi connectivity index (χ0v) is 12.4. The molecule has 21 heavy (non-hydrogen) atoms. The number of benzene rings is 1. The average molecular weight is 301 g/mol. The van der Waals surface area contributed by atoms with E-state index in [1.54, 1.807) is 12.3 Å². The molecule has 3 rings (SSSR count). The van der Waals surface area contributed by atoms with Crippen LogP contribution in [-0.2, 0) is 16.6 Å². The summed E-state index contributed by atoms with van der Waals surface area (Å²) in [6.07, 6.45) is 4.16. The fourth-order valence-electron chi connectivity index (χ4n) is 2.56. The van der Waals surface area contributed by atoms with Gasteiger partial charge in [-0.2, -0.15) is 0 Å². The van der Waals surface area contributed by atoms with E-state index in [1.165, 1.54) is 5.56 Å². The number of hydrogen-bond acceptors (Lipinski definition) is 2. The quantitative estimate of drug-likeness (QED) is 0.862. The number of nitrogens with one attached hydrogen (secondary N) is 1. The van der Waals surface area contributed by atoms with Crippen LogP contribution < -0.4 is 5.32 Å². The molecule has 2 aromatic rings. The molecule has 0 unspecified atom stereocenters. The van der Waals surface area contributed by atoms with Crippen molar-refractivity contribution in [3.8, 4) is 0 Å². The summed E-state index contributed by atoms with van der Waals surface area (Å²) in [5.41, 5.74) is 2.21. The first-order chi connectivity index (χ1) is 10.2. The Morgan fingerprint density at radius 1 is 1.19 bits per heavy atom. The van der Waals surface area contributed by atoms with Crippen molar-refractivity contribution in [2.24, 2.45) is 0 Å². The third kappa shape index (κ3) is 3.24. The molecule has 1 aromatic carbocycles. The van der Waals surface area contributed by atoms with E-state index in [2.05, 4.69) is 22.4 Å². The SMILES string of the molecule is O=C(Cc1cccnc1Cl)NCC1(c2ccccc2)CC1. The Morgan fingerprint density at radius 3 is 2.62 bits per heavy atom. The number of amides is 1. The Hall–Kier alpha value is -1.87. The first-order valence-corrected chi connectivity index (χ1v) is 7.49. The predicted molar refractivity (Wildman–Crippen MR) is 83.3 cm³/mol. The summed E-state index contributed by atoms with van der Waals surface area (Å²) in [6, 6.07) is 14.0. The Kier molecular flexibility index (Phi) is 3.93. The van der Waals surface area contributed by atoms with Crippen molar-refractivity contribution in [2.45, 2.75) is 24.7 Å². The van der Waals surface area contributed by atoms with E-state index >= 15 is 0 Å². The lowest BCUT2D eigenvalue weighted by atomic mass is 9.96. The van der Waals surface area contributed by atoms with E-state index in [1.807, 2.05) is 24.3 Å². The predicted octanol–water partition coefficient (Wildman–Crippen LogP) is 3.13. The van der Waals surface area contributed by atoms with Gasteiger partial charge in [0.25, 0.3) is 0 Å². The van der Waals surface area contributed by atoms with Crippen LogP contribution in [0.2, 0.25) is 5.15 Å². The molecule has 0 aliphatic heterocycles. The van der Waals surface area contributed by atoms with Crippen LogP contribution in [0.25, 0.3) is 0 Å². The Morgan fingerprint density at radius 2 is 1.95 bits per heavy atom. The Labute approximate surface area is 129 Å². The number of nitrogens with zero attached hydrogens (tertiary/aromatic N) is 1. The average Bonchev–Trinajstić information content (AvgIpc) is 3.30. The zero-order chi connectivity index (χ0) is 14.7. The fraction of sp³-hybridized carbons (Fsp3) is 0.294. The maximum atomic E-state index is 12.1. The molecule has 1 heterocycles. The van der Waals surface area contributed by atoms with Gasteiger partial charge in [-0.1, -0.05) is 48.0 Å². The van der Waals surface area contributed by atoms with E-state index in [9.17, 15) is 4.79 Å². The molecular weight excluding hydrogens is 284 g/mol. The molecule has 0 spiro atoms. The monoisotopic (exact) mass is 300 g/mol. The van der Waals surface area contributed by atoms with Crippen LogP contribution >= 0.6 is 11.6 Å². The van der Waals surface area contributed by atoms with Crippen molar-refractivity contribution in [1.82, 2.24) is 10.3 Å². The van der Waals surface area contributed by atoms with E-state index in [0.717, 1.165) is 18.4 Å². The van der Waals surface area contributed by atoms with E-state index in [-0.39, 0.29) is 17.7 Å². The minimum atomic E-state index is -0.00731. The van der Waals surface area contributed by atoms with Gasteiger partial charge < -0.3 is 5.32 Å². The maximum Gasteiger partial charge on any atom is 0.224 e. The summed E-state index contributed by atoms with van der Waals surface area (Å²) in [5.74, 6) is -0.00731. The van der Waals surface area contributed by atoms with Crippen LogP contribution in [0, 0.1) is 0 Å². The molecule has 3 nitrogen and oxygen atoms in total. The molecule has 0 atom stereocenters. The molecule has 4 heteroatoms. The Bertz CT molecular complexity index is 638. The van der Waals surface area contributed by atoms with Crippen LogP contribution in [0.5, 0.6) is 0 Å². The largest absolute Gasteiger partial charge is 0.355 e. The molecule has 1 amide bonds. The standard InChI is InChI=1S/C17H17ClN2O/c18-16-13(5-4-10-19-16)11-15(21)20-12-17(8-9-17)14-6-2-1-3-7-14/h1-7,10H,8-9,11-12H2,(H,20,21). The second kappa shape index (κ2) is 5.86. The molecule has 0 saturated heterocycles. The minimum Gasteiger partial charge on any atom is -0.355 e. The summed E-state index contributed by atoms with van der Waals surface area (Å²) in [4.78, 5) is 16.1. The molecule has 1 fully saturated rings. The fourth-order valence-corrected chi connectivity index (χ4v) is 2.75. The van der Waals surface area contributed by atoms with Gasteiger partial charge in [0, 0.05) is 18.2 Å². The van der Waals surface area contributed by atoms with Gasteiger partial charge in [-0.3, -0.25) is 4.79 Å². The second-order valence-electron chi connectivity index (χ2n) is 5.55. The number of carbonyl (C=O) groups excluding carboxylic acids is 1. The summed E-state index contributed by atoms with van der Waals surface area (Å²) in [5, 5.41) is 3.43. The normalized spacial score (nSPS) is 15.5. The van der Waals surface area contributed by atoms with Crippen LogP contribution in [-0.4, -0.2) is 17.4 Å². The molecular formula is C17H17ClN2O. The second-order valence-corrected chi connectivity index (χ2v) is 5.91. The highest BCUT2D eigenvalue weighted by molar-refractivity contribution is 6.30. The lowest BCUT2D eigenvalue weighted by Crippen LogP contribution is -2.33. The van der Waals surface area contributed by atoms with E-state index < -0.39 is 0 Å². The highest BCUT2D eigenvalue weighted by Crippen LogP contribution is 2.47. The Balaban J connectivity index is 1.58. The summed E-state index contributed by atoms with van der Waals surface area (Å²) < 4.78 is 0. The van der Waals surface area contributed by atoms with Crippen molar-refractivity contribution < 1.29 is 4.79 Å². The molecule has 1 aliphatic rings. The number of carbonyl (C=O) groups is 1. The van der Waals surface area contributed by atoms with Gasteiger partial charge in [-0.05, 0) is 30.0 Å². The first kappa shape index (κ1) is 14.1. The van der Waals surface area contributed by atoms with E-state index in [4.69, 9.17) is 11.6 Å². The smallest absolute Gasteiger partial charge is 0.224 e. The van der Waals surface area contributed by atoms with Crippen molar-refractivity contribution in [3.05, 3.63) is 64.9 Å². The van der Waals surface area contributed by atoms with Gasteiger partial charge in [-0.15, -0.1) is 0 Å². The summed E-state index contributed by atoms with van der Waals surface area (Å²) >= 11 is 5.98. The van der Waals surface area contributed by atoms with Gasteiger partial charge in [0.1, 0.15) is 5.15 Å². The molecule has 1 aromatic heterocycles. The first-order valence-electron chi connectivity index (χ1n) is 7.11. The van der Waals surface area contributed by atoms with E-state index in [0.29, 0.717) is 11.7 Å². The van der Waals surface area contributed by atoms with Crippen LogP contribution in [0.3, 0.4) is 0 Å². The highest BCUT2D eigenvalue weighted by atomic mass is 35.5. The van der Waals surface area contributed by atoms with Crippen LogP contribution in [0.1, 0.15) is 24.0 Å². The lowest BCUT2D eigenvalue weighted by molar-refractivity contribution is -0.120. The summed E-state index contributed by atoms with van der Waals surface area (Å²) in [7, 11) is 0. The number of hydrogen-bond donors (Lipinski definition) is 1. The van der Waals surface area contributed by atoms with Crippen molar-refractivity contribution in [1.29, 1.82) is 0 Å². The van der Waals surface area contributed by atoms with Gasteiger partial charge in [0.05, 0.1) is 6.42 Å². The zero-order valence-electron chi connectivity index (χ0n) is 11.7. The van der Waals surface area contributed by atoms with Crippen molar-refractivity contribution >= 4 is 17.5 Å². The third-order valence-corrected chi connectivity index (χ3v) is 4.39. The molecule has 1 aliphatic carbocycles. The highest BCUT2D eigenvalue weighted by Gasteiger charge is 2.44. The van der Waals surface area contributed by atoms with Crippen LogP contribution in [0.15, 0.2) is 48.7 Å². The molecule has 0 radical (unpaired) electrons. The number of pyridine rings is 1. The molecule has 1 N–H and O–H groups in total. The van der Waals surface area contributed by atoms with Gasteiger partial charge in [0.2, 0.25) is 5.91 Å². The molecule has 108 valence electrons. The van der Waals surface area contributed by atoms with Gasteiger partial charge in [0.15, 0.2) is 0 Å². The van der Waals surface area contributed by atoms with Crippen LogP contribution in [0.4, 0.5) is 0 Å². The van der Waals surface area contributed by atoms with Gasteiger partial charge >= 0.3 is 0 Å².